The molecule has 1 aliphatic carbocycles. The van der Waals surface area contributed by atoms with Crippen LogP contribution in [0, 0.1) is 13.8 Å². The van der Waals surface area contributed by atoms with Gasteiger partial charge in [-0.2, -0.15) is 0 Å². The Balaban J connectivity index is 1.51. The first-order valence-electron chi connectivity index (χ1n) is 12.9. The zero-order valence-electron chi connectivity index (χ0n) is 21.0. The van der Waals surface area contributed by atoms with Crippen molar-refractivity contribution in [2.45, 2.75) is 76.8 Å². The van der Waals surface area contributed by atoms with E-state index in [1.807, 2.05) is 44.2 Å². The topological polar surface area (TPSA) is 77.1 Å². The van der Waals surface area contributed by atoms with Crippen molar-refractivity contribution in [1.29, 1.82) is 0 Å². The van der Waals surface area contributed by atoms with Crippen LogP contribution in [-0.4, -0.2) is 31.5 Å². The summed E-state index contributed by atoms with van der Waals surface area (Å²) in [5.74, 6) is -1.13. The SMILES string of the molecule is Cc1noc(C)c1-c1ccc2c(c1)nc(C1CCCC(=O)N1c1cccnc1)n2C1CCC(F)(F)CC1. The Bertz CT molecular complexity index is 1430. The first-order valence-corrected chi connectivity index (χ1v) is 12.9. The van der Waals surface area contributed by atoms with Crippen molar-refractivity contribution in [3.05, 3.63) is 60.0 Å². The molecule has 1 aromatic carbocycles. The van der Waals surface area contributed by atoms with E-state index in [0.29, 0.717) is 19.3 Å². The van der Waals surface area contributed by atoms with Crippen molar-refractivity contribution < 1.29 is 18.1 Å². The van der Waals surface area contributed by atoms with E-state index in [0.717, 1.165) is 58.0 Å². The molecular weight excluding hydrogens is 476 g/mol. The van der Waals surface area contributed by atoms with Gasteiger partial charge in [0.1, 0.15) is 11.6 Å². The Labute approximate surface area is 213 Å². The molecule has 37 heavy (non-hydrogen) atoms. The normalized spacial score (nSPS) is 20.6. The number of benzene rings is 1. The third-order valence-electron chi connectivity index (χ3n) is 7.76. The summed E-state index contributed by atoms with van der Waals surface area (Å²) in [5, 5.41) is 4.09. The van der Waals surface area contributed by atoms with Crippen molar-refractivity contribution in [1.82, 2.24) is 19.7 Å². The Morgan fingerprint density at radius 2 is 1.92 bits per heavy atom. The van der Waals surface area contributed by atoms with Crippen molar-refractivity contribution >= 4 is 22.6 Å². The number of alkyl halides is 2. The van der Waals surface area contributed by atoms with E-state index in [9.17, 15) is 13.6 Å². The first-order chi connectivity index (χ1) is 17.8. The quantitative estimate of drug-likeness (QED) is 0.308. The molecule has 1 saturated carbocycles. The number of imidazole rings is 1. The summed E-state index contributed by atoms with van der Waals surface area (Å²) in [6, 6.07) is 9.32. The highest BCUT2D eigenvalue weighted by atomic mass is 19.3. The highest BCUT2D eigenvalue weighted by molar-refractivity contribution is 5.95. The summed E-state index contributed by atoms with van der Waals surface area (Å²) in [4.78, 5) is 24.3. The first kappa shape index (κ1) is 23.8. The Hall–Kier alpha value is -3.62. The van der Waals surface area contributed by atoms with Crippen LogP contribution in [0.15, 0.2) is 47.2 Å². The standard InChI is InChI=1S/C28H29F2N5O2/c1-17-26(18(2)37-33-17)19-8-9-23-22(15-19)32-27(35(23)20-10-12-28(29,30)13-11-20)24-6-3-7-25(36)34(24)21-5-4-14-31-16-21/h4-5,8-9,14-16,20,24H,3,6-7,10-13H2,1-2H3. The number of carbonyl (C=O) groups excluding carboxylic acids is 1. The molecule has 0 bridgehead atoms. The zero-order valence-corrected chi connectivity index (χ0v) is 21.0. The van der Waals surface area contributed by atoms with Crippen molar-refractivity contribution in [2.75, 3.05) is 4.90 Å². The fourth-order valence-corrected chi connectivity index (χ4v) is 6.00. The fraction of sp³-hybridized carbons (Fsp3) is 0.429. The summed E-state index contributed by atoms with van der Waals surface area (Å²) in [6.07, 6.45) is 5.75. The molecule has 0 radical (unpaired) electrons. The van der Waals surface area contributed by atoms with Gasteiger partial charge >= 0.3 is 0 Å². The van der Waals surface area contributed by atoms with Gasteiger partial charge in [0.25, 0.3) is 0 Å². The fourth-order valence-electron chi connectivity index (χ4n) is 6.00. The second-order valence-corrected chi connectivity index (χ2v) is 10.2. The number of nitrogens with zero attached hydrogens (tertiary/aromatic N) is 5. The minimum Gasteiger partial charge on any atom is -0.361 e. The lowest BCUT2D eigenvalue weighted by Crippen LogP contribution is -2.40. The second-order valence-electron chi connectivity index (χ2n) is 10.2. The molecule has 3 aromatic heterocycles. The van der Waals surface area contributed by atoms with Gasteiger partial charge in [0.05, 0.1) is 34.7 Å². The summed E-state index contributed by atoms with van der Waals surface area (Å²) < 4.78 is 35.7. The molecule has 192 valence electrons. The molecule has 2 aliphatic rings. The summed E-state index contributed by atoms with van der Waals surface area (Å²) in [5.41, 5.74) is 5.06. The maximum absolute atomic E-state index is 14.1. The summed E-state index contributed by atoms with van der Waals surface area (Å²) in [7, 11) is 0. The highest BCUT2D eigenvalue weighted by Gasteiger charge is 2.39. The van der Waals surface area contributed by atoms with Gasteiger partial charge in [0, 0.05) is 37.1 Å². The lowest BCUT2D eigenvalue weighted by molar-refractivity contribution is -0.120. The molecule has 6 rings (SSSR count). The smallest absolute Gasteiger partial charge is 0.248 e. The van der Waals surface area contributed by atoms with E-state index < -0.39 is 5.92 Å². The van der Waals surface area contributed by atoms with Crippen LogP contribution in [0.5, 0.6) is 0 Å². The molecule has 4 aromatic rings. The molecule has 1 atom stereocenters. The number of aromatic nitrogens is 4. The molecule has 1 unspecified atom stereocenters. The van der Waals surface area contributed by atoms with Gasteiger partial charge in [-0.3, -0.25) is 9.78 Å². The number of piperidine rings is 1. The highest BCUT2D eigenvalue weighted by Crippen LogP contribution is 2.44. The van der Waals surface area contributed by atoms with Gasteiger partial charge in [-0.15, -0.1) is 0 Å². The molecule has 0 N–H and O–H groups in total. The molecule has 9 heteroatoms. The van der Waals surface area contributed by atoms with E-state index in [1.165, 1.54) is 0 Å². The molecule has 7 nitrogen and oxygen atoms in total. The molecule has 4 heterocycles. The zero-order chi connectivity index (χ0) is 25.7. The van der Waals surface area contributed by atoms with Crippen LogP contribution in [0.2, 0.25) is 0 Å². The van der Waals surface area contributed by atoms with Crippen LogP contribution in [0.3, 0.4) is 0 Å². The number of hydrogen-bond donors (Lipinski definition) is 0. The lowest BCUT2D eigenvalue weighted by Gasteiger charge is -2.37. The minimum atomic E-state index is -2.63. The number of anilines is 1. The number of hydrogen-bond acceptors (Lipinski definition) is 5. The predicted octanol–water partition coefficient (Wildman–Crippen LogP) is 6.71. The number of amides is 1. The Morgan fingerprint density at radius 3 is 2.62 bits per heavy atom. The molecular formula is C28H29F2N5O2. The maximum atomic E-state index is 14.1. The molecule has 1 saturated heterocycles. The van der Waals surface area contributed by atoms with Crippen LogP contribution in [0.4, 0.5) is 14.5 Å². The van der Waals surface area contributed by atoms with Crippen LogP contribution < -0.4 is 4.90 Å². The van der Waals surface area contributed by atoms with E-state index >= 15 is 0 Å². The predicted molar refractivity (Wildman–Crippen MR) is 135 cm³/mol. The van der Waals surface area contributed by atoms with Gasteiger partial charge in [-0.05, 0) is 69.4 Å². The van der Waals surface area contributed by atoms with Gasteiger partial charge in [0.2, 0.25) is 11.8 Å². The lowest BCUT2D eigenvalue weighted by atomic mass is 9.91. The molecule has 2 fully saturated rings. The number of carbonyl (C=O) groups is 1. The monoisotopic (exact) mass is 505 g/mol. The van der Waals surface area contributed by atoms with Crippen LogP contribution in [0.25, 0.3) is 22.2 Å². The third kappa shape index (κ3) is 4.20. The minimum absolute atomic E-state index is 0.0226. The summed E-state index contributed by atoms with van der Waals surface area (Å²) >= 11 is 0. The van der Waals surface area contributed by atoms with Crippen LogP contribution >= 0.6 is 0 Å². The number of pyridine rings is 1. The maximum Gasteiger partial charge on any atom is 0.248 e. The number of aryl methyl sites for hydroxylation is 2. The van der Waals surface area contributed by atoms with Crippen molar-refractivity contribution in [2.24, 2.45) is 0 Å². The number of rotatable bonds is 4. The van der Waals surface area contributed by atoms with E-state index in [2.05, 4.69) is 14.7 Å². The van der Waals surface area contributed by atoms with Gasteiger partial charge in [-0.25, -0.2) is 13.8 Å². The van der Waals surface area contributed by atoms with Gasteiger partial charge in [0.15, 0.2) is 0 Å². The van der Waals surface area contributed by atoms with E-state index in [1.54, 1.807) is 17.3 Å². The van der Waals surface area contributed by atoms with Crippen molar-refractivity contribution in [3.63, 3.8) is 0 Å². The molecule has 1 aliphatic heterocycles. The van der Waals surface area contributed by atoms with Gasteiger partial charge < -0.3 is 14.0 Å². The van der Waals surface area contributed by atoms with Crippen LogP contribution in [0.1, 0.15) is 74.3 Å². The molecule has 0 spiro atoms. The Kier molecular flexibility index (Phi) is 5.81. The summed E-state index contributed by atoms with van der Waals surface area (Å²) in [6.45, 7) is 3.78. The molecule has 1 amide bonds. The number of fused-ring (bicyclic) bond motifs is 1. The van der Waals surface area contributed by atoms with Crippen molar-refractivity contribution in [3.8, 4) is 11.1 Å². The second kappa shape index (κ2) is 9.04. The van der Waals surface area contributed by atoms with E-state index in [-0.39, 0.29) is 30.8 Å². The van der Waals surface area contributed by atoms with Crippen LogP contribution in [-0.2, 0) is 4.79 Å². The largest absolute Gasteiger partial charge is 0.361 e. The average Bonchev–Trinajstić information content (AvgIpc) is 3.43. The Morgan fingerprint density at radius 1 is 1.11 bits per heavy atom. The third-order valence-corrected chi connectivity index (χ3v) is 7.76. The number of halogens is 2. The van der Waals surface area contributed by atoms with E-state index in [4.69, 9.17) is 9.51 Å². The van der Waals surface area contributed by atoms with Gasteiger partial charge in [-0.1, -0.05) is 11.2 Å². The average molecular weight is 506 g/mol.